The van der Waals surface area contributed by atoms with Crippen molar-refractivity contribution in [3.63, 3.8) is 0 Å². The van der Waals surface area contributed by atoms with Crippen LogP contribution < -0.4 is 4.74 Å². The first-order chi connectivity index (χ1) is 18.5. The highest BCUT2D eigenvalue weighted by Gasteiger charge is 2.27. The maximum atomic E-state index is 14.9. The molecule has 5 heteroatoms. The molecule has 210 valence electrons. The summed E-state index contributed by atoms with van der Waals surface area (Å²) in [5.74, 6) is -0.150. The third-order valence-corrected chi connectivity index (χ3v) is 8.72. The quantitative estimate of drug-likeness (QED) is 0.254. The lowest BCUT2D eigenvalue weighted by Gasteiger charge is -2.29. The molecule has 2 aromatic rings. The Labute approximate surface area is 227 Å². The molecule has 0 aliphatic heterocycles. The largest absolute Gasteiger partial charge is 0.493 e. The Kier molecular flexibility index (Phi) is 11.0. The first-order valence-electron chi connectivity index (χ1n) is 15.0. The van der Waals surface area contributed by atoms with E-state index in [9.17, 15) is 13.2 Å². The summed E-state index contributed by atoms with van der Waals surface area (Å²) in [5.41, 5.74) is 1.54. The summed E-state index contributed by atoms with van der Waals surface area (Å²) in [6.45, 7) is 5.11. The van der Waals surface area contributed by atoms with Gasteiger partial charge in [-0.15, -0.1) is 0 Å². The average molecular weight is 531 g/mol. The fourth-order valence-electron chi connectivity index (χ4n) is 6.17. The Morgan fingerprint density at radius 2 is 1.39 bits per heavy atom. The zero-order chi connectivity index (χ0) is 26.9. The van der Waals surface area contributed by atoms with E-state index in [1.165, 1.54) is 25.3 Å². The van der Waals surface area contributed by atoms with E-state index in [0.717, 1.165) is 69.8 Å². The van der Waals surface area contributed by atoms with Crippen LogP contribution in [0.2, 0.25) is 0 Å². The smallest absolute Gasteiger partial charge is 0.164 e. The lowest BCUT2D eigenvalue weighted by Crippen LogP contribution is -2.21. The normalized spacial score (nSPS) is 23.9. The van der Waals surface area contributed by atoms with Gasteiger partial charge in [0.1, 0.15) is 11.6 Å². The van der Waals surface area contributed by atoms with Gasteiger partial charge in [-0.2, -0.15) is 0 Å². The Hall–Kier alpha value is -2.01. The zero-order valence-electron chi connectivity index (χ0n) is 23.3. The van der Waals surface area contributed by atoms with E-state index in [4.69, 9.17) is 9.47 Å². The van der Waals surface area contributed by atoms with E-state index < -0.39 is 11.6 Å². The molecule has 0 atom stereocenters. The van der Waals surface area contributed by atoms with Gasteiger partial charge in [0.2, 0.25) is 0 Å². The van der Waals surface area contributed by atoms with Gasteiger partial charge in [-0.3, -0.25) is 0 Å². The van der Waals surface area contributed by atoms with Crippen molar-refractivity contribution in [3.8, 4) is 5.75 Å². The molecule has 0 spiro atoms. The first-order valence-corrected chi connectivity index (χ1v) is 15.0. The number of benzene rings is 2. The van der Waals surface area contributed by atoms with Gasteiger partial charge in [0, 0.05) is 11.6 Å². The van der Waals surface area contributed by atoms with E-state index in [1.54, 1.807) is 12.1 Å². The van der Waals surface area contributed by atoms with Gasteiger partial charge in [0.25, 0.3) is 0 Å². The van der Waals surface area contributed by atoms with E-state index in [2.05, 4.69) is 13.8 Å². The predicted molar refractivity (Wildman–Crippen MR) is 147 cm³/mol. The molecule has 2 aromatic carbocycles. The molecule has 2 fully saturated rings. The second-order valence-electron chi connectivity index (χ2n) is 11.6. The zero-order valence-corrected chi connectivity index (χ0v) is 23.3. The van der Waals surface area contributed by atoms with Crippen molar-refractivity contribution in [2.45, 2.75) is 122 Å². The van der Waals surface area contributed by atoms with Crippen LogP contribution in [0.15, 0.2) is 30.3 Å². The summed E-state index contributed by atoms with van der Waals surface area (Å²) in [6.07, 6.45) is 13.0. The van der Waals surface area contributed by atoms with Crippen LogP contribution >= 0.6 is 0 Å². The minimum Gasteiger partial charge on any atom is -0.493 e. The summed E-state index contributed by atoms with van der Waals surface area (Å²) in [4.78, 5) is 0. The molecule has 38 heavy (non-hydrogen) atoms. The van der Waals surface area contributed by atoms with Crippen molar-refractivity contribution in [1.82, 2.24) is 0 Å². The minimum atomic E-state index is -0.764. The molecule has 2 nitrogen and oxygen atoms in total. The van der Waals surface area contributed by atoms with Crippen molar-refractivity contribution in [2.75, 3.05) is 6.61 Å². The van der Waals surface area contributed by atoms with Crippen LogP contribution in [0.5, 0.6) is 5.75 Å². The van der Waals surface area contributed by atoms with Gasteiger partial charge < -0.3 is 9.47 Å². The number of unbranched alkanes of at least 4 members (excludes halogenated alkanes) is 4. The summed E-state index contributed by atoms with van der Waals surface area (Å²) in [7, 11) is 0. The molecule has 0 N–H and O–H groups in total. The highest BCUT2D eigenvalue weighted by molar-refractivity contribution is 5.32. The summed E-state index contributed by atoms with van der Waals surface area (Å²) < 4.78 is 56.3. The monoisotopic (exact) mass is 530 g/mol. The maximum absolute atomic E-state index is 14.9. The lowest BCUT2D eigenvalue weighted by molar-refractivity contribution is 0.0116. The summed E-state index contributed by atoms with van der Waals surface area (Å²) in [6, 6.07) is 8.71. The standard InChI is InChI=1S/C33H45F3O2/c1-3-4-5-6-7-20-37-28-17-19-29(31(34)21-28)24-12-15-27(16-13-24)38-22-26-14-18-30(33(36)32(26)35)25-10-8-23(2)9-11-25/h14,17-19,21,23-25,27H,3-13,15-16,20,22H2,1-2H3. The Bertz CT molecular complexity index is 1010. The van der Waals surface area contributed by atoms with Crippen molar-refractivity contribution in [3.05, 3.63) is 64.5 Å². The molecule has 2 aliphatic carbocycles. The lowest BCUT2D eigenvalue weighted by atomic mass is 9.79. The van der Waals surface area contributed by atoms with Crippen LogP contribution in [-0.2, 0) is 11.3 Å². The Balaban J connectivity index is 1.22. The van der Waals surface area contributed by atoms with Gasteiger partial charge in [-0.25, -0.2) is 13.2 Å². The molecule has 0 saturated heterocycles. The van der Waals surface area contributed by atoms with Crippen molar-refractivity contribution in [2.24, 2.45) is 5.92 Å². The van der Waals surface area contributed by atoms with E-state index in [-0.39, 0.29) is 35.9 Å². The first kappa shape index (κ1) is 29.0. The molecule has 2 saturated carbocycles. The fraction of sp³-hybridized carbons (Fsp3) is 0.636. The maximum Gasteiger partial charge on any atom is 0.164 e. The van der Waals surface area contributed by atoms with Crippen molar-refractivity contribution < 1.29 is 22.6 Å². The van der Waals surface area contributed by atoms with Gasteiger partial charge in [-0.1, -0.05) is 70.6 Å². The molecule has 0 bridgehead atoms. The fourth-order valence-corrected chi connectivity index (χ4v) is 6.17. The molecule has 2 aliphatic rings. The Morgan fingerprint density at radius 1 is 0.737 bits per heavy atom. The molecular weight excluding hydrogens is 485 g/mol. The van der Waals surface area contributed by atoms with Crippen LogP contribution in [-0.4, -0.2) is 12.7 Å². The van der Waals surface area contributed by atoms with E-state index in [0.29, 0.717) is 23.8 Å². The molecule has 0 radical (unpaired) electrons. The van der Waals surface area contributed by atoms with E-state index >= 15 is 0 Å². The second-order valence-corrected chi connectivity index (χ2v) is 11.6. The highest BCUT2D eigenvalue weighted by Crippen LogP contribution is 2.39. The number of halogens is 3. The molecule has 0 amide bonds. The summed E-state index contributed by atoms with van der Waals surface area (Å²) >= 11 is 0. The van der Waals surface area contributed by atoms with Crippen LogP contribution in [0.3, 0.4) is 0 Å². The summed E-state index contributed by atoms with van der Waals surface area (Å²) in [5, 5.41) is 0. The molecule has 0 aromatic heterocycles. The molecule has 0 unspecified atom stereocenters. The Morgan fingerprint density at radius 3 is 2.11 bits per heavy atom. The van der Waals surface area contributed by atoms with Gasteiger partial charge in [-0.05, 0) is 79.9 Å². The van der Waals surface area contributed by atoms with Crippen LogP contribution in [0.1, 0.15) is 126 Å². The van der Waals surface area contributed by atoms with Gasteiger partial charge in [0.15, 0.2) is 11.6 Å². The van der Waals surface area contributed by atoms with Crippen LogP contribution in [0.25, 0.3) is 0 Å². The van der Waals surface area contributed by atoms with E-state index in [1.807, 2.05) is 12.1 Å². The number of hydrogen-bond acceptors (Lipinski definition) is 2. The molecule has 0 heterocycles. The highest BCUT2D eigenvalue weighted by atomic mass is 19.2. The second kappa shape index (κ2) is 14.4. The van der Waals surface area contributed by atoms with Crippen molar-refractivity contribution in [1.29, 1.82) is 0 Å². The number of ether oxygens (including phenoxy) is 2. The van der Waals surface area contributed by atoms with Crippen LogP contribution in [0.4, 0.5) is 13.2 Å². The SMILES string of the molecule is CCCCCCCOc1ccc(C2CCC(OCc3ccc(C4CCC(C)CC4)c(F)c3F)CC2)c(F)c1. The molecular formula is C33H45F3O2. The predicted octanol–water partition coefficient (Wildman–Crippen LogP) is 9.99. The van der Waals surface area contributed by atoms with Gasteiger partial charge in [0.05, 0.1) is 19.3 Å². The third kappa shape index (κ3) is 7.77. The minimum absolute atomic E-state index is 0.0217. The van der Waals surface area contributed by atoms with Gasteiger partial charge >= 0.3 is 0 Å². The van der Waals surface area contributed by atoms with Crippen LogP contribution in [0, 0.1) is 23.4 Å². The topological polar surface area (TPSA) is 18.5 Å². The average Bonchev–Trinajstić information content (AvgIpc) is 2.93. The third-order valence-electron chi connectivity index (χ3n) is 8.72. The number of rotatable bonds is 12. The number of hydrogen-bond donors (Lipinski definition) is 0. The molecule has 4 rings (SSSR count). The van der Waals surface area contributed by atoms with Crippen molar-refractivity contribution >= 4 is 0 Å².